The van der Waals surface area contributed by atoms with Gasteiger partial charge >= 0.3 is 11.9 Å². The van der Waals surface area contributed by atoms with E-state index in [1.807, 2.05) is 47.2 Å². The third-order valence-corrected chi connectivity index (χ3v) is 6.17. The van der Waals surface area contributed by atoms with Crippen molar-refractivity contribution in [1.82, 2.24) is 14.1 Å². The monoisotopic (exact) mass is 433 g/mol. The summed E-state index contributed by atoms with van der Waals surface area (Å²) < 4.78 is 15.4. The average Bonchev–Trinajstić information content (AvgIpc) is 3.32. The molecule has 0 spiro atoms. The minimum absolute atomic E-state index is 0.131. The molecule has 0 saturated carbocycles. The lowest BCUT2D eigenvalue weighted by atomic mass is 9.80. The first kappa shape index (κ1) is 20.2. The van der Waals surface area contributed by atoms with E-state index < -0.39 is 30.1 Å². The number of ether oxygens (including phenoxy) is 2. The van der Waals surface area contributed by atoms with Crippen LogP contribution in [-0.2, 0) is 32.2 Å². The number of carbonyl (C=O) groups excluding carboxylic acids is 3. The van der Waals surface area contributed by atoms with E-state index in [9.17, 15) is 14.4 Å². The summed E-state index contributed by atoms with van der Waals surface area (Å²) in [6.45, 7) is 4.78. The van der Waals surface area contributed by atoms with Gasteiger partial charge in [-0.2, -0.15) is 0 Å². The van der Waals surface area contributed by atoms with Gasteiger partial charge in [-0.05, 0) is 19.4 Å². The number of hydrogen-bond donors (Lipinski definition) is 0. The van der Waals surface area contributed by atoms with E-state index in [1.54, 1.807) is 12.4 Å². The van der Waals surface area contributed by atoms with E-state index in [2.05, 4.69) is 4.98 Å². The van der Waals surface area contributed by atoms with Gasteiger partial charge in [-0.25, -0.2) is 14.6 Å². The van der Waals surface area contributed by atoms with Crippen molar-refractivity contribution in [3.8, 4) is 0 Å². The van der Waals surface area contributed by atoms with Gasteiger partial charge in [0.15, 0.2) is 18.0 Å². The van der Waals surface area contributed by atoms with E-state index in [4.69, 9.17) is 9.47 Å². The summed E-state index contributed by atoms with van der Waals surface area (Å²) in [5, 5.41) is 0.812. The lowest BCUT2D eigenvalue weighted by molar-refractivity contribution is -0.169. The van der Waals surface area contributed by atoms with Crippen LogP contribution < -0.4 is 0 Å². The highest BCUT2D eigenvalue weighted by Gasteiger charge is 2.50. The number of aryl methyl sites for hydroxylation is 2. The van der Waals surface area contributed by atoms with Crippen molar-refractivity contribution in [2.24, 2.45) is 5.92 Å². The predicted molar refractivity (Wildman–Crippen MR) is 115 cm³/mol. The molecule has 3 atom stereocenters. The van der Waals surface area contributed by atoms with E-state index >= 15 is 0 Å². The molecule has 3 heterocycles. The van der Waals surface area contributed by atoms with Crippen LogP contribution >= 0.6 is 0 Å². The first-order chi connectivity index (χ1) is 15.5. The summed E-state index contributed by atoms with van der Waals surface area (Å²) in [7, 11) is 0. The van der Waals surface area contributed by atoms with Crippen LogP contribution in [0.2, 0.25) is 0 Å². The number of hydrogen-bond acceptors (Lipinski definition) is 6. The third-order valence-electron chi connectivity index (χ3n) is 6.17. The molecule has 1 aliphatic heterocycles. The summed E-state index contributed by atoms with van der Waals surface area (Å²) in [5.41, 5.74) is 2.02. The van der Waals surface area contributed by atoms with Crippen molar-refractivity contribution in [2.75, 3.05) is 0 Å². The molecule has 5 rings (SSSR count). The Kier molecular flexibility index (Phi) is 4.92. The van der Waals surface area contributed by atoms with Crippen molar-refractivity contribution < 1.29 is 23.9 Å². The summed E-state index contributed by atoms with van der Waals surface area (Å²) in [6, 6.07) is 7.67. The minimum Gasteiger partial charge on any atom is -0.454 e. The smallest absolute Gasteiger partial charge is 0.331 e. The number of Topliss-reactive ketones (excluding diaryl/α,β-unsaturated/α-hetero) is 1. The molecule has 3 unspecified atom stereocenters. The number of aromatic nitrogens is 3. The normalized spacial score (nSPS) is 23.7. The van der Waals surface area contributed by atoms with Gasteiger partial charge in [0.1, 0.15) is 5.82 Å². The Hall–Kier alpha value is -3.68. The largest absolute Gasteiger partial charge is 0.454 e. The van der Waals surface area contributed by atoms with Crippen LogP contribution in [-0.4, -0.2) is 37.9 Å². The lowest BCUT2D eigenvalue weighted by Gasteiger charge is -2.37. The summed E-state index contributed by atoms with van der Waals surface area (Å²) in [5.74, 6) is -1.43. The summed E-state index contributed by atoms with van der Waals surface area (Å²) in [4.78, 5) is 43.0. The molecule has 1 aromatic carbocycles. The Morgan fingerprint density at radius 1 is 1.06 bits per heavy atom. The van der Waals surface area contributed by atoms with Gasteiger partial charge < -0.3 is 18.6 Å². The van der Waals surface area contributed by atoms with Crippen LogP contribution in [0.5, 0.6) is 0 Å². The van der Waals surface area contributed by atoms with Gasteiger partial charge in [0.2, 0.25) is 0 Å². The second-order valence-corrected chi connectivity index (χ2v) is 8.12. The molecule has 3 aromatic rings. The SMILES string of the molecule is CCCn1c2c(c3ccccc31)C(=O)C(Cn1ccnc1C)C1OC(=O)/C=C\C(=O)OC21. The lowest BCUT2D eigenvalue weighted by Crippen LogP contribution is -2.46. The number of fused-ring (bicyclic) bond motifs is 5. The van der Waals surface area contributed by atoms with Crippen molar-refractivity contribution in [3.63, 3.8) is 0 Å². The zero-order chi connectivity index (χ0) is 22.4. The topological polar surface area (TPSA) is 92.4 Å². The van der Waals surface area contributed by atoms with E-state index in [1.165, 1.54) is 0 Å². The molecule has 2 aliphatic rings. The van der Waals surface area contributed by atoms with Crippen molar-refractivity contribution in [3.05, 3.63) is 65.9 Å². The van der Waals surface area contributed by atoms with Crippen molar-refractivity contribution >= 4 is 28.6 Å². The molecule has 0 saturated heterocycles. The highest BCUT2D eigenvalue weighted by atomic mass is 16.6. The van der Waals surface area contributed by atoms with Gasteiger partial charge in [-0.1, -0.05) is 25.1 Å². The van der Waals surface area contributed by atoms with Gasteiger partial charge in [0, 0.05) is 48.5 Å². The number of ketones is 1. The van der Waals surface area contributed by atoms with Gasteiger partial charge in [-0.15, -0.1) is 0 Å². The Balaban J connectivity index is 1.75. The van der Waals surface area contributed by atoms with Crippen LogP contribution in [0.15, 0.2) is 48.8 Å². The first-order valence-corrected chi connectivity index (χ1v) is 10.7. The molecular weight excluding hydrogens is 410 g/mol. The molecule has 0 fully saturated rings. The standard InChI is InChI=1S/C24H23N3O5/c1-3-11-27-17-7-5-4-6-15(17)20-21(27)24-23(31-18(28)8-9-19(29)32-24)16(22(20)30)13-26-12-10-25-14(26)2/h4-10,12,16,23-24H,3,11,13H2,1-2H3/b9-8-. The Morgan fingerprint density at radius 2 is 1.81 bits per heavy atom. The van der Waals surface area contributed by atoms with Gasteiger partial charge in [0.25, 0.3) is 0 Å². The maximum atomic E-state index is 13.9. The fraction of sp³-hybridized carbons (Fsp3) is 0.333. The number of para-hydroxylation sites is 1. The summed E-state index contributed by atoms with van der Waals surface area (Å²) in [6.07, 6.45) is 4.53. The number of rotatable bonds is 4. The van der Waals surface area contributed by atoms with Crippen LogP contribution in [0.4, 0.5) is 0 Å². The number of esters is 2. The summed E-state index contributed by atoms with van der Waals surface area (Å²) >= 11 is 0. The molecule has 1 aliphatic carbocycles. The van der Waals surface area contributed by atoms with Crippen LogP contribution in [0, 0.1) is 12.8 Å². The minimum atomic E-state index is -0.946. The third kappa shape index (κ3) is 3.14. The zero-order valence-corrected chi connectivity index (χ0v) is 17.9. The van der Waals surface area contributed by atoms with Crippen LogP contribution in [0.3, 0.4) is 0 Å². The molecule has 2 aromatic heterocycles. The zero-order valence-electron chi connectivity index (χ0n) is 17.9. The highest BCUT2D eigenvalue weighted by Crippen LogP contribution is 2.44. The van der Waals surface area contributed by atoms with Gasteiger partial charge in [-0.3, -0.25) is 4.79 Å². The molecule has 0 amide bonds. The molecular formula is C24H23N3O5. The number of nitrogens with zero attached hydrogens (tertiary/aromatic N) is 3. The maximum absolute atomic E-state index is 13.9. The second-order valence-electron chi connectivity index (χ2n) is 8.12. The average molecular weight is 433 g/mol. The van der Waals surface area contributed by atoms with E-state index in [0.717, 1.165) is 35.3 Å². The predicted octanol–water partition coefficient (Wildman–Crippen LogP) is 3.13. The Morgan fingerprint density at radius 3 is 2.53 bits per heavy atom. The Bertz CT molecular complexity index is 1270. The number of carbonyl (C=O) groups is 3. The van der Waals surface area contributed by atoms with E-state index in [0.29, 0.717) is 17.8 Å². The van der Waals surface area contributed by atoms with Crippen molar-refractivity contribution in [1.29, 1.82) is 0 Å². The molecule has 8 heteroatoms. The van der Waals surface area contributed by atoms with Gasteiger partial charge in [0.05, 0.1) is 17.2 Å². The van der Waals surface area contributed by atoms with Crippen LogP contribution in [0.1, 0.15) is 41.3 Å². The molecule has 164 valence electrons. The molecule has 32 heavy (non-hydrogen) atoms. The first-order valence-electron chi connectivity index (χ1n) is 10.7. The highest BCUT2D eigenvalue weighted by molar-refractivity contribution is 6.12. The van der Waals surface area contributed by atoms with E-state index in [-0.39, 0.29) is 12.3 Å². The fourth-order valence-electron chi connectivity index (χ4n) is 4.78. The quantitative estimate of drug-likeness (QED) is 0.587. The van der Waals surface area contributed by atoms with Crippen molar-refractivity contribution in [2.45, 2.75) is 45.6 Å². The molecule has 0 bridgehead atoms. The number of benzene rings is 1. The number of imidazole rings is 1. The fourth-order valence-corrected chi connectivity index (χ4v) is 4.78. The molecule has 0 radical (unpaired) electrons. The second kappa shape index (κ2) is 7.78. The maximum Gasteiger partial charge on any atom is 0.331 e. The Labute approximate surface area is 184 Å². The molecule has 8 nitrogen and oxygen atoms in total. The molecule has 0 N–H and O–H groups in total. The van der Waals surface area contributed by atoms with Crippen LogP contribution in [0.25, 0.3) is 10.9 Å².